The van der Waals surface area contributed by atoms with E-state index >= 15 is 0 Å². The van der Waals surface area contributed by atoms with Gasteiger partial charge in [-0.2, -0.15) is 0 Å². The first-order chi connectivity index (χ1) is 13.1. The number of ether oxygens (including phenoxy) is 1. The SMILES string of the molecule is COc1ccccc1-c1nnc(SCC(=O)N(C)Cc2ccccc2)n1N. The van der Waals surface area contributed by atoms with E-state index in [1.807, 2.05) is 54.6 Å². The van der Waals surface area contributed by atoms with Crippen LogP contribution in [-0.2, 0) is 11.3 Å². The molecular weight excluding hydrogens is 362 g/mol. The maximum absolute atomic E-state index is 12.4. The average Bonchev–Trinajstić information content (AvgIpc) is 3.07. The molecule has 0 aliphatic heterocycles. The van der Waals surface area contributed by atoms with Gasteiger partial charge in [-0.3, -0.25) is 4.79 Å². The Labute approximate surface area is 162 Å². The normalized spacial score (nSPS) is 10.6. The van der Waals surface area contributed by atoms with Gasteiger partial charge in [0.1, 0.15) is 5.75 Å². The molecule has 1 aromatic heterocycles. The molecule has 0 saturated carbocycles. The first-order valence-corrected chi connectivity index (χ1v) is 9.33. The van der Waals surface area contributed by atoms with E-state index in [0.717, 1.165) is 11.1 Å². The van der Waals surface area contributed by atoms with Crippen LogP contribution in [0.4, 0.5) is 0 Å². The molecule has 140 valence electrons. The topological polar surface area (TPSA) is 86.3 Å². The van der Waals surface area contributed by atoms with Gasteiger partial charge in [-0.1, -0.05) is 54.2 Å². The largest absolute Gasteiger partial charge is 0.496 e. The summed E-state index contributed by atoms with van der Waals surface area (Å²) >= 11 is 1.26. The lowest BCUT2D eigenvalue weighted by molar-refractivity contribution is -0.127. The van der Waals surface area contributed by atoms with E-state index in [9.17, 15) is 4.79 Å². The van der Waals surface area contributed by atoms with Crippen molar-refractivity contribution in [3.8, 4) is 17.1 Å². The number of aromatic nitrogens is 3. The van der Waals surface area contributed by atoms with Gasteiger partial charge >= 0.3 is 0 Å². The highest BCUT2D eigenvalue weighted by Crippen LogP contribution is 2.29. The van der Waals surface area contributed by atoms with Crippen LogP contribution in [0.5, 0.6) is 5.75 Å². The zero-order valence-electron chi connectivity index (χ0n) is 15.2. The predicted octanol–water partition coefficient (Wildman–Crippen LogP) is 2.42. The number of nitrogen functional groups attached to an aromatic ring is 1. The zero-order valence-corrected chi connectivity index (χ0v) is 16.0. The number of hydrogen-bond donors (Lipinski definition) is 1. The minimum absolute atomic E-state index is 0.00862. The summed E-state index contributed by atoms with van der Waals surface area (Å²) in [7, 11) is 3.37. The molecule has 1 amide bonds. The van der Waals surface area contributed by atoms with Crippen LogP contribution < -0.4 is 10.6 Å². The van der Waals surface area contributed by atoms with E-state index in [1.165, 1.54) is 16.4 Å². The second kappa shape index (κ2) is 8.59. The second-order valence-corrected chi connectivity index (χ2v) is 6.84. The van der Waals surface area contributed by atoms with Gasteiger partial charge in [-0.15, -0.1) is 10.2 Å². The number of thioether (sulfide) groups is 1. The maximum Gasteiger partial charge on any atom is 0.233 e. The molecule has 0 spiro atoms. The van der Waals surface area contributed by atoms with Crippen molar-refractivity contribution in [2.24, 2.45) is 0 Å². The summed E-state index contributed by atoms with van der Waals surface area (Å²) in [6.45, 7) is 0.558. The number of nitrogens with two attached hydrogens (primary N) is 1. The third-order valence-electron chi connectivity index (χ3n) is 4.03. The van der Waals surface area contributed by atoms with E-state index in [-0.39, 0.29) is 11.7 Å². The van der Waals surface area contributed by atoms with Crippen molar-refractivity contribution in [3.05, 3.63) is 60.2 Å². The highest BCUT2D eigenvalue weighted by molar-refractivity contribution is 7.99. The molecule has 1 heterocycles. The van der Waals surface area contributed by atoms with Crippen LogP contribution in [0, 0.1) is 0 Å². The Morgan fingerprint density at radius 2 is 1.85 bits per heavy atom. The summed E-state index contributed by atoms with van der Waals surface area (Å²) in [6, 6.07) is 17.3. The van der Waals surface area contributed by atoms with Crippen LogP contribution in [0.15, 0.2) is 59.8 Å². The van der Waals surface area contributed by atoms with Crippen LogP contribution in [0.3, 0.4) is 0 Å². The Kier molecular flexibility index (Phi) is 5.97. The molecule has 0 radical (unpaired) electrons. The van der Waals surface area contributed by atoms with E-state index in [1.54, 1.807) is 19.1 Å². The Hall–Kier alpha value is -3.00. The van der Waals surface area contributed by atoms with Crippen LogP contribution in [0.1, 0.15) is 5.56 Å². The quantitative estimate of drug-likeness (QED) is 0.498. The molecule has 0 fully saturated rings. The fraction of sp³-hybridized carbons (Fsp3) is 0.211. The van der Waals surface area contributed by atoms with Crippen molar-refractivity contribution >= 4 is 17.7 Å². The molecule has 0 bridgehead atoms. The third-order valence-corrected chi connectivity index (χ3v) is 4.95. The lowest BCUT2D eigenvalue weighted by atomic mass is 10.2. The molecule has 0 saturated heterocycles. The molecule has 2 N–H and O–H groups in total. The molecule has 0 atom stereocenters. The highest BCUT2D eigenvalue weighted by atomic mass is 32.2. The molecule has 0 aliphatic rings. The van der Waals surface area contributed by atoms with E-state index in [0.29, 0.717) is 23.3 Å². The number of amides is 1. The monoisotopic (exact) mass is 383 g/mol. The van der Waals surface area contributed by atoms with Crippen molar-refractivity contribution in [2.75, 3.05) is 25.8 Å². The summed E-state index contributed by atoms with van der Waals surface area (Å²) < 4.78 is 6.73. The summed E-state index contributed by atoms with van der Waals surface area (Å²) in [5.41, 5.74) is 1.83. The summed E-state index contributed by atoms with van der Waals surface area (Å²) in [5, 5.41) is 8.72. The number of methoxy groups -OCH3 is 1. The molecule has 0 unspecified atom stereocenters. The molecule has 3 rings (SSSR count). The van der Waals surface area contributed by atoms with Crippen molar-refractivity contribution in [1.82, 2.24) is 19.8 Å². The minimum Gasteiger partial charge on any atom is -0.496 e. The number of carbonyl (C=O) groups excluding carboxylic acids is 1. The lowest BCUT2D eigenvalue weighted by Crippen LogP contribution is -2.28. The van der Waals surface area contributed by atoms with Crippen LogP contribution in [0.2, 0.25) is 0 Å². The molecule has 7 nitrogen and oxygen atoms in total. The first-order valence-electron chi connectivity index (χ1n) is 8.34. The Balaban J connectivity index is 1.65. The van der Waals surface area contributed by atoms with Crippen molar-refractivity contribution in [2.45, 2.75) is 11.7 Å². The summed E-state index contributed by atoms with van der Waals surface area (Å²) in [6.07, 6.45) is 0. The Bertz CT molecular complexity index is 913. The van der Waals surface area contributed by atoms with Gasteiger partial charge in [-0.25, -0.2) is 4.68 Å². The van der Waals surface area contributed by atoms with E-state index in [2.05, 4.69) is 10.2 Å². The van der Waals surface area contributed by atoms with Gasteiger partial charge in [0.05, 0.1) is 18.4 Å². The predicted molar refractivity (Wildman–Crippen MR) is 106 cm³/mol. The number of benzene rings is 2. The zero-order chi connectivity index (χ0) is 19.2. The van der Waals surface area contributed by atoms with Crippen molar-refractivity contribution < 1.29 is 9.53 Å². The molecule has 0 aliphatic carbocycles. The highest BCUT2D eigenvalue weighted by Gasteiger charge is 2.17. The lowest BCUT2D eigenvalue weighted by Gasteiger charge is -2.16. The minimum atomic E-state index is -0.00862. The number of hydrogen-bond acceptors (Lipinski definition) is 6. The van der Waals surface area contributed by atoms with Gasteiger partial charge in [-0.05, 0) is 17.7 Å². The molecule has 2 aromatic carbocycles. The Morgan fingerprint density at radius 1 is 1.15 bits per heavy atom. The molecule has 8 heteroatoms. The first kappa shape index (κ1) is 18.8. The van der Waals surface area contributed by atoms with Crippen LogP contribution in [0.25, 0.3) is 11.4 Å². The van der Waals surface area contributed by atoms with Gasteiger partial charge < -0.3 is 15.5 Å². The van der Waals surface area contributed by atoms with Gasteiger partial charge in [0, 0.05) is 13.6 Å². The van der Waals surface area contributed by atoms with E-state index < -0.39 is 0 Å². The number of rotatable bonds is 7. The van der Waals surface area contributed by atoms with Crippen molar-refractivity contribution in [3.63, 3.8) is 0 Å². The van der Waals surface area contributed by atoms with Gasteiger partial charge in [0.2, 0.25) is 11.1 Å². The maximum atomic E-state index is 12.4. The smallest absolute Gasteiger partial charge is 0.233 e. The third kappa shape index (κ3) is 4.40. The molecular formula is C19H21N5O2S. The van der Waals surface area contributed by atoms with E-state index in [4.69, 9.17) is 10.6 Å². The summed E-state index contributed by atoms with van der Waals surface area (Å²) in [4.78, 5) is 14.1. The Morgan fingerprint density at radius 3 is 2.59 bits per heavy atom. The summed E-state index contributed by atoms with van der Waals surface area (Å²) in [5.74, 6) is 7.50. The van der Waals surface area contributed by atoms with Crippen molar-refractivity contribution in [1.29, 1.82) is 0 Å². The van der Waals surface area contributed by atoms with Crippen LogP contribution >= 0.6 is 11.8 Å². The number of para-hydroxylation sites is 1. The standard InChI is InChI=1S/C19H21N5O2S/c1-23(12-14-8-4-3-5-9-14)17(25)13-27-19-22-21-18(24(19)20)15-10-6-7-11-16(15)26-2/h3-11H,12-13,20H2,1-2H3. The van der Waals surface area contributed by atoms with Gasteiger partial charge in [0.15, 0.2) is 5.82 Å². The number of nitrogens with zero attached hydrogens (tertiary/aromatic N) is 4. The van der Waals surface area contributed by atoms with Crippen LogP contribution in [-0.4, -0.2) is 45.6 Å². The second-order valence-electron chi connectivity index (χ2n) is 5.90. The fourth-order valence-corrected chi connectivity index (χ4v) is 3.37. The fourth-order valence-electron chi connectivity index (χ4n) is 2.57. The number of carbonyl (C=O) groups is 1. The average molecular weight is 383 g/mol. The molecule has 27 heavy (non-hydrogen) atoms. The van der Waals surface area contributed by atoms with Gasteiger partial charge in [0.25, 0.3) is 0 Å². The molecule has 3 aromatic rings.